The maximum Gasteiger partial charge on any atom is 0.329 e. The summed E-state index contributed by atoms with van der Waals surface area (Å²) in [6.07, 6.45) is 2.59. The molecular weight excluding hydrogens is 429 g/mol. The van der Waals surface area contributed by atoms with Gasteiger partial charge in [0.05, 0.1) is 12.0 Å². The van der Waals surface area contributed by atoms with E-state index in [2.05, 4.69) is 15.6 Å². The van der Waals surface area contributed by atoms with Crippen molar-refractivity contribution >= 4 is 28.7 Å². The highest BCUT2D eigenvalue weighted by atomic mass is 19.1. The summed E-state index contributed by atoms with van der Waals surface area (Å²) in [4.78, 5) is 40.9. The van der Waals surface area contributed by atoms with E-state index < -0.39 is 23.3 Å². The number of amides is 2. The molecule has 2 aliphatic rings. The molecular formula is C24H20FN3O5. The molecule has 2 amide bonds. The third-order valence-electron chi connectivity index (χ3n) is 6.25. The fraction of sp³-hybridized carbons (Fsp3) is 0.250. The fourth-order valence-corrected chi connectivity index (χ4v) is 4.32. The van der Waals surface area contributed by atoms with Crippen LogP contribution in [0.15, 0.2) is 36.5 Å². The zero-order valence-electron chi connectivity index (χ0n) is 17.4. The number of fused-ring (bicyclic) bond motifs is 2. The first kappa shape index (κ1) is 20.9. The molecule has 0 bridgehead atoms. The monoisotopic (exact) mass is 449 g/mol. The average Bonchev–Trinajstić information content (AvgIpc) is 3.46. The second-order valence-corrected chi connectivity index (χ2v) is 8.52. The van der Waals surface area contributed by atoms with Crippen molar-refractivity contribution < 1.29 is 29.0 Å². The van der Waals surface area contributed by atoms with Crippen LogP contribution < -0.4 is 10.6 Å². The third kappa shape index (κ3) is 3.65. The minimum absolute atomic E-state index is 0.0865. The molecule has 2 heterocycles. The second-order valence-electron chi connectivity index (χ2n) is 8.52. The molecule has 8 nitrogen and oxygen atoms in total. The summed E-state index contributed by atoms with van der Waals surface area (Å²) in [6, 6.07) is 7.86. The number of rotatable bonds is 6. The smallest absolute Gasteiger partial charge is 0.329 e. The number of carboxylic acids is 1. The van der Waals surface area contributed by atoms with Gasteiger partial charge in [0.15, 0.2) is 5.75 Å². The van der Waals surface area contributed by atoms with Crippen LogP contribution in [0.5, 0.6) is 5.75 Å². The van der Waals surface area contributed by atoms with Gasteiger partial charge in [0.1, 0.15) is 16.9 Å². The molecule has 33 heavy (non-hydrogen) atoms. The fourth-order valence-electron chi connectivity index (χ4n) is 4.32. The first-order valence-electron chi connectivity index (χ1n) is 10.5. The van der Waals surface area contributed by atoms with Gasteiger partial charge in [-0.1, -0.05) is 12.1 Å². The lowest BCUT2D eigenvalue weighted by atomic mass is 9.92. The van der Waals surface area contributed by atoms with Crippen LogP contribution in [-0.4, -0.2) is 38.5 Å². The first-order chi connectivity index (χ1) is 15.8. The minimum Gasteiger partial charge on any atom is -0.505 e. The normalized spacial score (nSPS) is 15.7. The zero-order valence-corrected chi connectivity index (χ0v) is 17.4. The first-order valence-corrected chi connectivity index (χ1v) is 10.5. The molecule has 9 heteroatoms. The van der Waals surface area contributed by atoms with Crippen LogP contribution >= 0.6 is 0 Å². The number of nitrogens with zero attached hydrogens (tertiary/aromatic N) is 1. The van der Waals surface area contributed by atoms with E-state index in [0.29, 0.717) is 35.8 Å². The molecule has 0 saturated heterocycles. The van der Waals surface area contributed by atoms with E-state index in [1.165, 1.54) is 12.1 Å². The summed E-state index contributed by atoms with van der Waals surface area (Å²) in [5.41, 5.74) is 1.70. The Morgan fingerprint density at radius 1 is 1.18 bits per heavy atom. The number of hydrogen-bond donors (Lipinski definition) is 4. The number of carbonyl (C=O) groups excluding carboxylic acids is 2. The molecule has 1 aliphatic heterocycles. The number of benzene rings is 2. The number of carbonyl (C=O) groups is 3. The van der Waals surface area contributed by atoms with Gasteiger partial charge in [-0.05, 0) is 59.7 Å². The van der Waals surface area contributed by atoms with Crippen molar-refractivity contribution in [3.8, 4) is 5.75 Å². The quantitative estimate of drug-likeness (QED) is 0.457. The minimum atomic E-state index is -1.23. The number of aliphatic carboxylic acids is 1. The number of carboxylic acid groups (broad SMARTS) is 1. The third-order valence-corrected chi connectivity index (χ3v) is 6.25. The van der Waals surface area contributed by atoms with Gasteiger partial charge in [-0.2, -0.15) is 0 Å². The molecule has 1 aromatic heterocycles. The molecule has 0 atom stereocenters. The van der Waals surface area contributed by atoms with Crippen molar-refractivity contribution in [1.29, 1.82) is 0 Å². The molecule has 168 valence electrons. The summed E-state index contributed by atoms with van der Waals surface area (Å²) >= 11 is 0. The van der Waals surface area contributed by atoms with E-state index in [4.69, 9.17) is 0 Å². The van der Waals surface area contributed by atoms with Gasteiger partial charge in [0.25, 0.3) is 5.91 Å². The van der Waals surface area contributed by atoms with Gasteiger partial charge in [-0.15, -0.1) is 0 Å². The van der Waals surface area contributed by atoms with Crippen LogP contribution in [0, 0.1) is 5.82 Å². The van der Waals surface area contributed by atoms with Crippen LogP contribution in [0.3, 0.4) is 0 Å². The zero-order chi connectivity index (χ0) is 23.3. The predicted molar refractivity (Wildman–Crippen MR) is 115 cm³/mol. The van der Waals surface area contributed by atoms with Gasteiger partial charge in [0.2, 0.25) is 5.91 Å². The summed E-state index contributed by atoms with van der Waals surface area (Å²) in [5.74, 6) is -2.59. The van der Waals surface area contributed by atoms with E-state index in [1.807, 2.05) is 0 Å². The van der Waals surface area contributed by atoms with E-state index >= 15 is 0 Å². The Bertz CT molecular complexity index is 1330. The predicted octanol–water partition coefficient (Wildman–Crippen LogP) is 2.19. The molecule has 5 rings (SSSR count). The van der Waals surface area contributed by atoms with Crippen molar-refractivity contribution in [3.05, 3.63) is 70.2 Å². The second kappa shape index (κ2) is 7.54. The van der Waals surface area contributed by atoms with Crippen molar-refractivity contribution in [2.45, 2.75) is 37.8 Å². The maximum atomic E-state index is 13.2. The Labute approximate surface area is 187 Å². The Morgan fingerprint density at radius 3 is 2.58 bits per heavy atom. The molecule has 1 aliphatic carbocycles. The SMILES string of the molecule is O=C(Cc1c2c(c(O)c3ncc(Cc4ccc(F)cc4)cc13)C(=O)NC2)NC1(C(=O)O)CC1. The molecule has 1 saturated carbocycles. The largest absolute Gasteiger partial charge is 0.505 e. The molecule has 0 unspecified atom stereocenters. The Morgan fingerprint density at radius 2 is 1.91 bits per heavy atom. The lowest BCUT2D eigenvalue weighted by molar-refractivity contribution is -0.143. The molecule has 2 aromatic carbocycles. The van der Waals surface area contributed by atoms with Crippen molar-refractivity contribution in [2.75, 3.05) is 0 Å². The number of phenols is 1. The average molecular weight is 449 g/mol. The highest BCUT2D eigenvalue weighted by Crippen LogP contribution is 2.39. The topological polar surface area (TPSA) is 129 Å². The van der Waals surface area contributed by atoms with Crippen LogP contribution in [0.1, 0.15) is 45.5 Å². The number of pyridine rings is 1. The van der Waals surface area contributed by atoms with E-state index in [-0.39, 0.29) is 35.6 Å². The Hall–Kier alpha value is -4.01. The maximum absolute atomic E-state index is 13.2. The van der Waals surface area contributed by atoms with Crippen LogP contribution in [0.25, 0.3) is 10.9 Å². The van der Waals surface area contributed by atoms with Gasteiger partial charge >= 0.3 is 5.97 Å². The van der Waals surface area contributed by atoms with Crippen LogP contribution in [-0.2, 0) is 29.0 Å². The van der Waals surface area contributed by atoms with Crippen LogP contribution in [0.4, 0.5) is 4.39 Å². The number of halogens is 1. The number of nitrogens with one attached hydrogen (secondary N) is 2. The molecule has 4 N–H and O–H groups in total. The Balaban J connectivity index is 1.57. The van der Waals surface area contributed by atoms with Crippen molar-refractivity contribution in [1.82, 2.24) is 15.6 Å². The van der Waals surface area contributed by atoms with Crippen LogP contribution in [0.2, 0.25) is 0 Å². The molecule has 0 spiro atoms. The number of aromatic hydroxyl groups is 1. The summed E-state index contributed by atoms with van der Waals surface area (Å²) in [6.45, 7) is 0.145. The van der Waals surface area contributed by atoms with E-state index in [1.54, 1.807) is 24.4 Å². The summed E-state index contributed by atoms with van der Waals surface area (Å²) in [5, 5.41) is 25.9. The van der Waals surface area contributed by atoms with Crippen molar-refractivity contribution in [3.63, 3.8) is 0 Å². The van der Waals surface area contributed by atoms with Gasteiger partial charge < -0.3 is 20.8 Å². The van der Waals surface area contributed by atoms with Crippen molar-refractivity contribution in [2.24, 2.45) is 0 Å². The highest BCUT2D eigenvalue weighted by molar-refractivity contribution is 6.08. The van der Waals surface area contributed by atoms with Gasteiger partial charge in [0, 0.05) is 18.1 Å². The molecule has 1 fully saturated rings. The van der Waals surface area contributed by atoms with Gasteiger partial charge in [-0.25, -0.2) is 9.18 Å². The highest BCUT2D eigenvalue weighted by Gasteiger charge is 2.51. The number of phenolic OH excluding ortho intramolecular Hbond substituents is 1. The lowest BCUT2D eigenvalue weighted by Crippen LogP contribution is -2.43. The Kier molecular flexibility index (Phi) is 4.77. The summed E-state index contributed by atoms with van der Waals surface area (Å²) in [7, 11) is 0. The molecule has 3 aromatic rings. The number of hydrogen-bond acceptors (Lipinski definition) is 5. The molecule has 0 radical (unpaired) electrons. The van der Waals surface area contributed by atoms with Gasteiger partial charge in [-0.3, -0.25) is 14.6 Å². The number of aromatic nitrogens is 1. The van der Waals surface area contributed by atoms with E-state index in [0.717, 1.165) is 11.1 Å². The summed E-state index contributed by atoms with van der Waals surface area (Å²) < 4.78 is 13.2. The standard InChI is InChI=1S/C24H20FN3O5/c25-14-3-1-12(2-4-14)7-13-8-16-15(9-18(29)28-24(5-6-24)23(32)33)17-11-27-22(31)19(17)21(30)20(16)26-10-13/h1-4,8,10,30H,5-7,9,11H2,(H,27,31)(H,28,29)(H,32,33). The lowest BCUT2D eigenvalue weighted by Gasteiger charge is -2.16. The van der Waals surface area contributed by atoms with E-state index in [9.17, 15) is 29.0 Å².